The summed E-state index contributed by atoms with van der Waals surface area (Å²) in [5.41, 5.74) is 1.76. The smallest absolute Gasteiger partial charge is 0.255 e. The van der Waals surface area contributed by atoms with Crippen molar-refractivity contribution in [3.8, 4) is 11.5 Å². The third-order valence-corrected chi connectivity index (χ3v) is 2.86. The molecule has 0 bridgehead atoms. The van der Waals surface area contributed by atoms with Crippen LogP contribution in [0.15, 0.2) is 59.3 Å². The number of carbonyl (C=O) groups is 1. The Hall–Kier alpha value is -3.02. The quantitative estimate of drug-likeness (QED) is 0.801. The molecular formula is C15H10FN3O2. The molecule has 0 aliphatic rings. The summed E-state index contributed by atoms with van der Waals surface area (Å²) in [6.07, 6.45) is 1.25. The summed E-state index contributed by atoms with van der Waals surface area (Å²) in [4.78, 5) is 12.0. The van der Waals surface area contributed by atoms with E-state index in [1.807, 2.05) is 0 Å². The van der Waals surface area contributed by atoms with Crippen molar-refractivity contribution in [2.24, 2.45) is 0 Å². The summed E-state index contributed by atoms with van der Waals surface area (Å²) in [7, 11) is 0. The first-order valence-electron chi connectivity index (χ1n) is 6.16. The highest BCUT2D eigenvalue weighted by atomic mass is 19.1. The molecule has 1 heterocycles. The fraction of sp³-hybridized carbons (Fsp3) is 0. The van der Waals surface area contributed by atoms with E-state index in [9.17, 15) is 9.18 Å². The molecule has 0 unspecified atom stereocenters. The first-order valence-corrected chi connectivity index (χ1v) is 6.16. The van der Waals surface area contributed by atoms with Crippen LogP contribution in [0.3, 0.4) is 0 Å². The summed E-state index contributed by atoms with van der Waals surface area (Å²) in [6, 6.07) is 12.3. The summed E-state index contributed by atoms with van der Waals surface area (Å²) < 4.78 is 17.9. The Balaban J connectivity index is 1.73. The molecule has 1 aromatic heterocycles. The van der Waals surface area contributed by atoms with Crippen molar-refractivity contribution in [2.75, 3.05) is 5.32 Å². The number of nitrogens with one attached hydrogen (secondary N) is 1. The minimum Gasteiger partial charge on any atom is -0.423 e. The zero-order chi connectivity index (χ0) is 14.7. The van der Waals surface area contributed by atoms with Crippen LogP contribution in [-0.4, -0.2) is 16.1 Å². The van der Waals surface area contributed by atoms with E-state index in [2.05, 4.69) is 15.5 Å². The molecule has 0 aliphatic heterocycles. The normalized spacial score (nSPS) is 10.3. The van der Waals surface area contributed by atoms with Gasteiger partial charge in [-0.25, -0.2) is 4.39 Å². The maximum absolute atomic E-state index is 12.8. The molecule has 2 aromatic carbocycles. The van der Waals surface area contributed by atoms with E-state index >= 15 is 0 Å². The topological polar surface area (TPSA) is 68.0 Å². The molecule has 0 radical (unpaired) electrons. The van der Waals surface area contributed by atoms with Crippen LogP contribution < -0.4 is 5.32 Å². The lowest BCUT2D eigenvalue weighted by atomic mass is 10.2. The predicted octanol–water partition coefficient (Wildman–Crippen LogP) is 3.13. The minimum atomic E-state index is -0.379. The average Bonchev–Trinajstić information content (AvgIpc) is 3.03. The second-order valence-electron chi connectivity index (χ2n) is 4.28. The molecule has 0 spiro atoms. The van der Waals surface area contributed by atoms with Crippen LogP contribution in [-0.2, 0) is 0 Å². The monoisotopic (exact) mass is 283 g/mol. The van der Waals surface area contributed by atoms with E-state index in [0.29, 0.717) is 17.1 Å². The number of benzene rings is 2. The first-order chi connectivity index (χ1) is 10.2. The maximum Gasteiger partial charge on any atom is 0.255 e. The van der Waals surface area contributed by atoms with Gasteiger partial charge in [-0.2, -0.15) is 0 Å². The van der Waals surface area contributed by atoms with Crippen LogP contribution in [0.25, 0.3) is 11.5 Å². The van der Waals surface area contributed by atoms with Crippen molar-refractivity contribution in [3.05, 3.63) is 66.3 Å². The lowest BCUT2D eigenvalue weighted by Crippen LogP contribution is -2.11. The van der Waals surface area contributed by atoms with E-state index in [1.54, 1.807) is 24.3 Å². The van der Waals surface area contributed by atoms with E-state index in [-0.39, 0.29) is 11.7 Å². The second-order valence-corrected chi connectivity index (χ2v) is 4.28. The van der Waals surface area contributed by atoms with Gasteiger partial charge in [-0.3, -0.25) is 4.79 Å². The Kier molecular flexibility index (Phi) is 3.42. The van der Waals surface area contributed by atoms with Crippen LogP contribution in [0, 0.1) is 5.82 Å². The summed E-state index contributed by atoms with van der Waals surface area (Å²) >= 11 is 0. The summed E-state index contributed by atoms with van der Waals surface area (Å²) in [6.45, 7) is 0. The van der Waals surface area contributed by atoms with Gasteiger partial charge in [-0.15, -0.1) is 10.2 Å². The number of rotatable bonds is 3. The molecule has 5 nitrogen and oxygen atoms in total. The zero-order valence-electron chi connectivity index (χ0n) is 10.8. The van der Waals surface area contributed by atoms with Gasteiger partial charge in [0.15, 0.2) is 0 Å². The molecule has 6 heteroatoms. The minimum absolute atomic E-state index is 0.305. The zero-order valence-corrected chi connectivity index (χ0v) is 10.8. The molecule has 0 atom stereocenters. The highest BCUT2D eigenvalue weighted by Crippen LogP contribution is 2.19. The Morgan fingerprint density at radius 1 is 1.05 bits per heavy atom. The fourth-order valence-electron chi connectivity index (χ4n) is 1.80. The van der Waals surface area contributed by atoms with Gasteiger partial charge in [0.2, 0.25) is 12.3 Å². The van der Waals surface area contributed by atoms with Crippen molar-refractivity contribution >= 4 is 11.6 Å². The van der Waals surface area contributed by atoms with Gasteiger partial charge in [-0.1, -0.05) is 0 Å². The van der Waals surface area contributed by atoms with Crippen molar-refractivity contribution in [1.29, 1.82) is 0 Å². The molecule has 3 aromatic rings. The van der Waals surface area contributed by atoms with Gasteiger partial charge in [0.1, 0.15) is 5.82 Å². The number of carbonyl (C=O) groups excluding carboxylic acids is 1. The van der Waals surface area contributed by atoms with Crippen molar-refractivity contribution in [3.63, 3.8) is 0 Å². The Labute approximate surface area is 119 Å². The van der Waals surface area contributed by atoms with Gasteiger partial charge in [-0.05, 0) is 48.5 Å². The highest BCUT2D eigenvalue weighted by Gasteiger charge is 2.07. The molecule has 1 N–H and O–H groups in total. The third kappa shape index (κ3) is 2.94. The molecule has 0 fully saturated rings. The van der Waals surface area contributed by atoms with Crippen LogP contribution in [0.1, 0.15) is 10.4 Å². The molecule has 104 valence electrons. The molecule has 0 saturated carbocycles. The summed E-state index contributed by atoms with van der Waals surface area (Å²) in [5.74, 6) is -0.276. The molecular weight excluding hydrogens is 273 g/mol. The lowest BCUT2D eigenvalue weighted by molar-refractivity contribution is 0.102. The van der Waals surface area contributed by atoms with E-state index in [4.69, 9.17) is 4.42 Å². The van der Waals surface area contributed by atoms with Crippen LogP contribution in [0.4, 0.5) is 10.1 Å². The van der Waals surface area contributed by atoms with Crippen molar-refractivity contribution in [2.45, 2.75) is 0 Å². The van der Waals surface area contributed by atoms with E-state index in [0.717, 1.165) is 5.56 Å². The van der Waals surface area contributed by atoms with E-state index in [1.165, 1.54) is 30.7 Å². The van der Waals surface area contributed by atoms with Crippen LogP contribution in [0.5, 0.6) is 0 Å². The Morgan fingerprint density at radius 3 is 2.38 bits per heavy atom. The number of anilines is 1. The highest BCUT2D eigenvalue weighted by molar-refractivity contribution is 6.04. The standard InChI is InChI=1S/C15H10FN3O2/c16-12-5-1-10(2-6-12)14(20)18-13-7-3-11(4-8-13)15-19-17-9-21-15/h1-9H,(H,18,20). The van der Waals surface area contributed by atoms with Gasteiger partial charge < -0.3 is 9.73 Å². The molecule has 21 heavy (non-hydrogen) atoms. The first kappa shape index (κ1) is 13.0. The Morgan fingerprint density at radius 2 is 1.76 bits per heavy atom. The number of amides is 1. The molecule has 0 aliphatic carbocycles. The lowest BCUT2D eigenvalue weighted by Gasteiger charge is -2.05. The second kappa shape index (κ2) is 5.54. The summed E-state index contributed by atoms with van der Waals surface area (Å²) in [5, 5.41) is 10.1. The molecule has 1 amide bonds. The number of nitrogens with zero attached hydrogens (tertiary/aromatic N) is 2. The molecule has 3 rings (SSSR count). The average molecular weight is 283 g/mol. The maximum atomic E-state index is 12.8. The number of hydrogen-bond donors (Lipinski definition) is 1. The van der Waals surface area contributed by atoms with Gasteiger partial charge in [0.25, 0.3) is 5.91 Å². The molecule has 0 saturated heterocycles. The predicted molar refractivity (Wildman–Crippen MR) is 74.1 cm³/mol. The number of aromatic nitrogens is 2. The SMILES string of the molecule is O=C(Nc1ccc(-c2nnco2)cc1)c1ccc(F)cc1. The van der Waals surface area contributed by atoms with Crippen LogP contribution in [0.2, 0.25) is 0 Å². The van der Waals surface area contributed by atoms with Gasteiger partial charge in [0.05, 0.1) is 0 Å². The number of halogens is 1. The van der Waals surface area contributed by atoms with Gasteiger partial charge >= 0.3 is 0 Å². The largest absolute Gasteiger partial charge is 0.423 e. The van der Waals surface area contributed by atoms with E-state index < -0.39 is 0 Å². The van der Waals surface area contributed by atoms with Crippen molar-refractivity contribution < 1.29 is 13.6 Å². The number of hydrogen-bond acceptors (Lipinski definition) is 4. The van der Waals surface area contributed by atoms with Crippen LogP contribution >= 0.6 is 0 Å². The third-order valence-electron chi connectivity index (χ3n) is 2.86. The Bertz CT molecular complexity index is 738. The fourth-order valence-corrected chi connectivity index (χ4v) is 1.80. The van der Waals surface area contributed by atoms with Crippen molar-refractivity contribution in [1.82, 2.24) is 10.2 Å². The van der Waals surface area contributed by atoms with Gasteiger partial charge in [0, 0.05) is 16.8 Å².